The lowest BCUT2D eigenvalue weighted by atomic mass is 10.2. The van der Waals surface area contributed by atoms with Crippen molar-refractivity contribution in [3.05, 3.63) is 33.8 Å². The molecule has 0 aromatic heterocycles. The molecule has 0 bridgehead atoms. The fourth-order valence-corrected chi connectivity index (χ4v) is 1.80. The molecule has 0 heterocycles. The number of rotatable bonds is 4. The van der Waals surface area contributed by atoms with Gasteiger partial charge in [-0.05, 0) is 24.1 Å². The van der Waals surface area contributed by atoms with Crippen LogP contribution in [0.3, 0.4) is 0 Å². The first-order valence-corrected chi connectivity index (χ1v) is 6.56. The van der Waals surface area contributed by atoms with Gasteiger partial charge in [0.25, 0.3) is 0 Å². The van der Waals surface area contributed by atoms with E-state index in [2.05, 4.69) is 4.99 Å². The summed E-state index contributed by atoms with van der Waals surface area (Å²) in [5.74, 6) is 0.109. The van der Waals surface area contributed by atoms with Crippen molar-refractivity contribution in [3.8, 4) is 0 Å². The number of nitrogens with zero attached hydrogens (tertiary/aromatic N) is 2. The highest BCUT2D eigenvalue weighted by molar-refractivity contribution is 6.42. The molecule has 104 valence electrons. The van der Waals surface area contributed by atoms with Gasteiger partial charge in [0.2, 0.25) is 0 Å². The van der Waals surface area contributed by atoms with Gasteiger partial charge < -0.3 is 11.5 Å². The van der Waals surface area contributed by atoms with E-state index in [0.717, 1.165) is 12.0 Å². The molecule has 0 aliphatic rings. The predicted molar refractivity (Wildman–Crippen MR) is 80.7 cm³/mol. The molecule has 0 saturated heterocycles. The summed E-state index contributed by atoms with van der Waals surface area (Å²) in [4.78, 5) is 5.66. The van der Waals surface area contributed by atoms with Crippen LogP contribution in [0.25, 0.3) is 0 Å². The Hall–Kier alpha value is -1.46. The van der Waals surface area contributed by atoms with Crippen LogP contribution in [0.4, 0.5) is 0 Å². The van der Waals surface area contributed by atoms with Crippen LogP contribution in [-0.4, -0.2) is 23.4 Å². The van der Waals surface area contributed by atoms with Gasteiger partial charge in [-0.3, -0.25) is 10.3 Å². The number of guanidine groups is 2. The highest BCUT2D eigenvalue weighted by Crippen LogP contribution is 2.22. The molecule has 7 heteroatoms. The number of benzene rings is 1. The molecule has 5 nitrogen and oxygen atoms in total. The molecule has 5 N–H and O–H groups in total. The predicted octanol–water partition coefficient (Wildman–Crippen LogP) is 2.41. The van der Waals surface area contributed by atoms with Crippen LogP contribution >= 0.6 is 23.2 Å². The fourth-order valence-electron chi connectivity index (χ4n) is 1.48. The zero-order chi connectivity index (χ0) is 14.4. The Morgan fingerprint density at radius 1 is 1.32 bits per heavy atom. The number of halogens is 2. The summed E-state index contributed by atoms with van der Waals surface area (Å²) in [5, 5.41) is 8.41. The average Bonchev–Trinajstić information content (AvgIpc) is 2.36. The molecule has 0 atom stereocenters. The van der Waals surface area contributed by atoms with Crippen molar-refractivity contribution in [2.45, 2.75) is 19.9 Å². The number of hydrogen-bond donors (Lipinski definition) is 3. The normalized spacial score (nSPS) is 11.4. The molecule has 0 saturated carbocycles. The lowest BCUT2D eigenvalue weighted by molar-refractivity contribution is 0.575. The van der Waals surface area contributed by atoms with Gasteiger partial charge in [0, 0.05) is 6.54 Å². The van der Waals surface area contributed by atoms with Crippen LogP contribution in [0.15, 0.2) is 23.2 Å². The zero-order valence-corrected chi connectivity index (χ0v) is 12.2. The highest BCUT2D eigenvalue weighted by atomic mass is 35.5. The van der Waals surface area contributed by atoms with Crippen molar-refractivity contribution in [2.75, 3.05) is 6.54 Å². The number of aliphatic imine (C=N–C) groups is 1. The second kappa shape index (κ2) is 7.21. The van der Waals surface area contributed by atoms with Crippen LogP contribution < -0.4 is 11.5 Å². The van der Waals surface area contributed by atoms with E-state index in [0.29, 0.717) is 23.1 Å². The molecule has 19 heavy (non-hydrogen) atoms. The molecule has 1 rings (SSSR count). The zero-order valence-electron chi connectivity index (χ0n) is 10.7. The summed E-state index contributed by atoms with van der Waals surface area (Å²) in [5.41, 5.74) is 12.1. The topological polar surface area (TPSA) is 91.5 Å². The van der Waals surface area contributed by atoms with Crippen molar-refractivity contribution in [1.82, 2.24) is 4.90 Å². The smallest absolute Gasteiger partial charge is 0.198 e. The van der Waals surface area contributed by atoms with Gasteiger partial charge in [-0.2, -0.15) is 0 Å². The van der Waals surface area contributed by atoms with Gasteiger partial charge in [-0.25, -0.2) is 4.99 Å². The first kappa shape index (κ1) is 15.6. The summed E-state index contributed by atoms with van der Waals surface area (Å²) in [6.45, 7) is 2.89. The molecular weight excluding hydrogens is 285 g/mol. The first-order valence-electron chi connectivity index (χ1n) is 5.81. The molecule has 0 spiro atoms. The number of nitrogens with two attached hydrogens (primary N) is 2. The monoisotopic (exact) mass is 301 g/mol. The van der Waals surface area contributed by atoms with Gasteiger partial charge >= 0.3 is 0 Å². The molecule has 0 unspecified atom stereocenters. The Morgan fingerprint density at radius 2 is 2.00 bits per heavy atom. The van der Waals surface area contributed by atoms with Crippen molar-refractivity contribution in [2.24, 2.45) is 16.5 Å². The second-order valence-corrected chi connectivity index (χ2v) is 4.77. The third-order valence-corrected chi connectivity index (χ3v) is 3.16. The lowest BCUT2D eigenvalue weighted by Gasteiger charge is -2.20. The molecule has 0 amide bonds. The van der Waals surface area contributed by atoms with Gasteiger partial charge in [0.15, 0.2) is 11.9 Å². The van der Waals surface area contributed by atoms with Crippen LogP contribution in [0, 0.1) is 5.41 Å². The van der Waals surface area contributed by atoms with Crippen LogP contribution in [0.5, 0.6) is 0 Å². The maximum absolute atomic E-state index is 7.43. The maximum atomic E-state index is 7.43. The molecular formula is C12H17Cl2N5. The minimum Gasteiger partial charge on any atom is -0.370 e. The lowest BCUT2D eigenvalue weighted by Crippen LogP contribution is -2.45. The minimum absolute atomic E-state index is 0.114. The molecule has 0 radical (unpaired) electrons. The summed E-state index contributed by atoms with van der Waals surface area (Å²) in [7, 11) is 0. The van der Waals surface area contributed by atoms with Crippen molar-refractivity contribution in [1.29, 1.82) is 5.41 Å². The Kier molecular flexibility index (Phi) is 5.92. The van der Waals surface area contributed by atoms with Gasteiger partial charge in [-0.15, -0.1) is 0 Å². The van der Waals surface area contributed by atoms with Crippen LogP contribution in [-0.2, 0) is 6.54 Å². The van der Waals surface area contributed by atoms with E-state index in [-0.39, 0.29) is 11.9 Å². The first-order chi connectivity index (χ1) is 8.95. The molecule has 0 aliphatic heterocycles. The minimum atomic E-state index is -0.114. The van der Waals surface area contributed by atoms with E-state index in [1.165, 1.54) is 4.90 Å². The molecule has 0 fully saturated rings. The molecule has 1 aromatic carbocycles. The summed E-state index contributed by atoms with van der Waals surface area (Å²) in [6, 6.07) is 5.27. The van der Waals surface area contributed by atoms with Crippen LogP contribution in [0.2, 0.25) is 10.0 Å². The third-order valence-electron chi connectivity index (χ3n) is 2.42. The fraction of sp³-hybridized carbons (Fsp3) is 0.333. The van der Waals surface area contributed by atoms with E-state index in [1.807, 2.05) is 13.0 Å². The van der Waals surface area contributed by atoms with Gasteiger partial charge in [-0.1, -0.05) is 36.2 Å². The summed E-state index contributed by atoms with van der Waals surface area (Å²) >= 11 is 11.7. The van der Waals surface area contributed by atoms with E-state index in [4.69, 9.17) is 40.1 Å². The molecule has 0 aliphatic carbocycles. The van der Waals surface area contributed by atoms with E-state index < -0.39 is 0 Å². The molecule has 1 aromatic rings. The SMILES string of the molecule is CCCN(C(=N)N)C(N)=NCc1ccc(Cl)c(Cl)c1. The Labute approximate surface area is 122 Å². The standard InChI is InChI=1S/C12H17Cl2N5/c1-2-5-19(11(15)16)12(17)18-7-8-3-4-9(13)10(14)6-8/h3-4,6H,2,5,7H2,1H3,(H3,15,16)(H2,17,18). The number of hydrogen-bond acceptors (Lipinski definition) is 2. The maximum Gasteiger partial charge on any atom is 0.198 e. The number of nitrogens with one attached hydrogen (secondary N) is 1. The Balaban J connectivity index is 2.78. The van der Waals surface area contributed by atoms with Crippen molar-refractivity contribution >= 4 is 35.1 Å². The highest BCUT2D eigenvalue weighted by Gasteiger charge is 2.09. The summed E-state index contributed by atoms with van der Waals surface area (Å²) in [6.07, 6.45) is 0.822. The Morgan fingerprint density at radius 3 is 2.53 bits per heavy atom. The third kappa shape index (κ3) is 4.61. The average molecular weight is 302 g/mol. The van der Waals surface area contributed by atoms with Crippen molar-refractivity contribution < 1.29 is 0 Å². The quantitative estimate of drug-likeness (QED) is 0.589. The van der Waals surface area contributed by atoms with E-state index in [1.54, 1.807) is 12.1 Å². The summed E-state index contributed by atoms with van der Waals surface area (Å²) < 4.78 is 0. The second-order valence-electron chi connectivity index (χ2n) is 3.96. The van der Waals surface area contributed by atoms with Crippen molar-refractivity contribution in [3.63, 3.8) is 0 Å². The van der Waals surface area contributed by atoms with Gasteiger partial charge in [0.05, 0.1) is 16.6 Å². The largest absolute Gasteiger partial charge is 0.370 e. The van der Waals surface area contributed by atoms with E-state index in [9.17, 15) is 0 Å². The van der Waals surface area contributed by atoms with E-state index >= 15 is 0 Å². The van der Waals surface area contributed by atoms with Gasteiger partial charge in [0.1, 0.15) is 0 Å². The van der Waals surface area contributed by atoms with Crippen LogP contribution in [0.1, 0.15) is 18.9 Å². The Bertz CT molecular complexity index is 487.